The first-order valence-electron chi connectivity index (χ1n) is 11.0. The van der Waals surface area contributed by atoms with Crippen LogP contribution in [-0.4, -0.2) is 27.1 Å². The monoisotopic (exact) mass is 491 g/mol. The van der Waals surface area contributed by atoms with Gasteiger partial charge in [0.15, 0.2) is 5.17 Å². The van der Waals surface area contributed by atoms with Crippen LogP contribution in [0.3, 0.4) is 0 Å². The smallest absolute Gasteiger partial charge is 0.242 e. The van der Waals surface area contributed by atoms with E-state index in [-0.39, 0.29) is 18.2 Å². The van der Waals surface area contributed by atoms with Gasteiger partial charge in [-0.3, -0.25) is 14.5 Å². The van der Waals surface area contributed by atoms with Gasteiger partial charge < -0.3 is 5.32 Å². The zero-order chi connectivity index (χ0) is 24.2. The number of amides is 2. The second-order valence-corrected chi connectivity index (χ2v) is 9.94. The van der Waals surface area contributed by atoms with E-state index in [4.69, 9.17) is 16.6 Å². The standard InChI is InChI=1S/C27H26ClN3O2S/c1-17-12-13-18(2)23(14-17)30-27-31(16-20-8-5-4-6-9-20)26(33)24(34-27)15-25(32)29-22-11-7-10-21(28)19(22)3/h4-14,24H,15-16H2,1-3H3,(H,29,32). The molecule has 1 saturated heterocycles. The number of nitrogens with zero attached hydrogens (tertiary/aromatic N) is 2. The molecule has 1 N–H and O–H groups in total. The molecule has 0 radical (unpaired) electrons. The molecule has 4 rings (SSSR count). The minimum absolute atomic E-state index is 0.0482. The number of carbonyl (C=O) groups excluding carboxylic acids is 2. The van der Waals surface area contributed by atoms with Crippen LogP contribution < -0.4 is 5.32 Å². The van der Waals surface area contributed by atoms with Gasteiger partial charge in [0, 0.05) is 17.1 Å². The molecule has 0 saturated carbocycles. The fourth-order valence-electron chi connectivity index (χ4n) is 3.69. The molecule has 3 aromatic carbocycles. The third-order valence-electron chi connectivity index (χ3n) is 5.70. The van der Waals surface area contributed by atoms with Crippen molar-refractivity contribution in [1.29, 1.82) is 0 Å². The van der Waals surface area contributed by atoms with Crippen molar-refractivity contribution in [2.75, 3.05) is 5.32 Å². The average Bonchev–Trinajstić information content (AvgIpc) is 3.09. The highest BCUT2D eigenvalue weighted by molar-refractivity contribution is 8.15. The Kier molecular flexibility index (Phi) is 7.39. The van der Waals surface area contributed by atoms with Gasteiger partial charge in [-0.25, -0.2) is 4.99 Å². The van der Waals surface area contributed by atoms with Crippen LogP contribution in [0, 0.1) is 20.8 Å². The van der Waals surface area contributed by atoms with Gasteiger partial charge in [-0.05, 0) is 61.2 Å². The molecule has 0 spiro atoms. The van der Waals surface area contributed by atoms with Gasteiger partial charge in [-0.1, -0.05) is 71.9 Å². The van der Waals surface area contributed by atoms with Crippen molar-refractivity contribution >= 4 is 51.7 Å². The van der Waals surface area contributed by atoms with Crippen LogP contribution in [0.25, 0.3) is 0 Å². The average molecular weight is 492 g/mol. The predicted octanol–water partition coefficient (Wildman–Crippen LogP) is 6.43. The Morgan fingerprint density at radius 2 is 1.82 bits per heavy atom. The third kappa shape index (κ3) is 5.51. The minimum atomic E-state index is -0.549. The lowest BCUT2D eigenvalue weighted by atomic mass is 10.1. The van der Waals surface area contributed by atoms with E-state index >= 15 is 0 Å². The van der Waals surface area contributed by atoms with Crippen LogP contribution in [0.5, 0.6) is 0 Å². The zero-order valence-electron chi connectivity index (χ0n) is 19.3. The van der Waals surface area contributed by atoms with E-state index in [2.05, 4.69) is 5.32 Å². The van der Waals surface area contributed by atoms with Crippen LogP contribution in [0.4, 0.5) is 11.4 Å². The zero-order valence-corrected chi connectivity index (χ0v) is 20.9. The molecule has 1 aliphatic heterocycles. The summed E-state index contributed by atoms with van der Waals surface area (Å²) in [6, 6.07) is 21.2. The maximum absolute atomic E-state index is 13.4. The number of aryl methyl sites for hydroxylation is 2. The summed E-state index contributed by atoms with van der Waals surface area (Å²) in [5.74, 6) is -0.347. The highest BCUT2D eigenvalue weighted by Crippen LogP contribution is 2.34. The number of amidine groups is 1. The largest absolute Gasteiger partial charge is 0.326 e. The summed E-state index contributed by atoms with van der Waals surface area (Å²) in [5, 5.41) is 3.54. The van der Waals surface area contributed by atoms with Crippen LogP contribution >= 0.6 is 23.4 Å². The molecule has 0 bridgehead atoms. The van der Waals surface area contributed by atoms with E-state index in [1.54, 1.807) is 23.1 Å². The Bertz CT molecular complexity index is 1260. The highest BCUT2D eigenvalue weighted by atomic mass is 35.5. The van der Waals surface area contributed by atoms with E-state index in [9.17, 15) is 9.59 Å². The van der Waals surface area contributed by atoms with Gasteiger partial charge in [0.25, 0.3) is 0 Å². The number of benzene rings is 3. The molecule has 174 valence electrons. The van der Waals surface area contributed by atoms with Gasteiger partial charge in [-0.2, -0.15) is 0 Å². The lowest BCUT2D eigenvalue weighted by Gasteiger charge is -2.17. The number of hydrogen-bond donors (Lipinski definition) is 1. The highest BCUT2D eigenvalue weighted by Gasteiger charge is 2.39. The quantitative estimate of drug-likeness (QED) is 0.432. The van der Waals surface area contributed by atoms with Crippen molar-refractivity contribution in [3.8, 4) is 0 Å². The summed E-state index contributed by atoms with van der Waals surface area (Å²) in [6.45, 7) is 6.27. The second-order valence-electron chi connectivity index (χ2n) is 8.37. The SMILES string of the molecule is Cc1ccc(C)c(N=C2SC(CC(=O)Nc3cccc(Cl)c3C)C(=O)N2Cc2ccccc2)c1. The number of hydrogen-bond acceptors (Lipinski definition) is 4. The van der Waals surface area contributed by atoms with Gasteiger partial charge in [0.05, 0.1) is 12.2 Å². The maximum atomic E-state index is 13.4. The molecule has 1 fully saturated rings. The second kappa shape index (κ2) is 10.5. The Hall–Kier alpha value is -3.09. The van der Waals surface area contributed by atoms with Crippen LogP contribution in [0.1, 0.15) is 28.7 Å². The van der Waals surface area contributed by atoms with Crippen molar-refractivity contribution in [2.24, 2.45) is 4.99 Å². The molecule has 7 heteroatoms. The lowest BCUT2D eigenvalue weighted by Crippen LogP contribution is -2.33. The Balaban J connectivity index is 1.58. The summed E-state index contributed by atoms with van der Waals surface area (Å²) in [4.78, 5) is 32.8. The first kappa shape index (κ1) is 24.0. The van der Waals surface area contributed by atoms with E-state index in [1.165, 1.54) is 11.8 Å². The molecular weight excluding hydrogens is 466 g/mol. The molecule has 0 aromatic heterocycles. The normalized spacial score (nSPS) is 16.8. The fraction of sp³-hybridized carbons (Fsp3) is 0.222. The third-order valence-corrected chi connectivity index (χ3v) is 7.28. The van der Waals surface area contributed by atoms with Crippen molar-refractivity contribution < 1.29 is 9.59 Å². The maximum Gasteiger partial charge on any atom is 0.242 e. The number of nitrogens with one attached hydrogen (secondary N) is 1. The summed E-state index contributed by atoms with van der Waals surface area (Å²) >= 11 is 7.52. The Morgan fingerprint density at radius 3 is 2.59 bits per heavy atom. The van der Waals surface area contributed by atoms with Crippen molar-refractivity contribution in [2.45, 2.75) is 39.0 Å². The van der Waals surface area contributed by atoms with Crippen LogP contribution in [-0.2, 0) is 16.1 Å². The van der Waals surface area contributed by atoms with E-state index in [0.717, 1.165) is 27.9 Å². The van der Waals surface area contributed by atoms with Crippen molar-refractivity contribution in [3.05, 3.63) is 94.0 Å². The lowest BCUT2D eigenvalue weighted by molar-refractivity contribution is -0.128. The summed E-state index contributed by atoms with van der Waals surface area (Å²) in [7, 11) is 0. The van der Waals surface area contributed by atoms with E-state index < -0.39 is 5.25 Å². The number of carbonyl (C=O) groups is 2. The molecule has 1 unspecified atom stereocenters. The van der Waals surface area contributed by atoms with Crippen molar-refractivity contribution in [3.63, 3.8) is 0 Å². The van der Waals surface area contributed by atoms with E-state index in [0.29, 0.717) is 22.4 Å². The molecular formula is C27H26ClN3O2S. The first-order valence-corrected chi connectivity index (χ1v) is 12.3. The molecule has 0 aliphatic carbocycles. The van der Waals surface area contributed by atoms with Crippen LogP contribution in [0.15, 0.2) is 71.7 Å². The number of halogens is 1. The molecule has 1 atom stereocenters. The number of rotatable bonds is 6. The molecule has 1 aliphatic rings. The van der Waals surface area contributed by atoms with Crippen molar-refractivity contribution in [1.82, 2.24) is 4.90 Å². The van der Waals surface area contributed by atoms with Gasteiger partial charge in [0.1, 0.15) is 5.25 Å². The minimum Gasteiger partial charge on any atom is -0.326 e. The topological polar surface area (TPSA) is 61.8 Å². The number of aliphatic imine (C=N–C) groups is 1. The first-order chi connectivity index (χ1) is 16.3. The Morgan fingerprint density at radius 1 is 1.06 bits per heavy atom. The summed E-state index contributed by atoms with van der Waals surface area (Å²) in [6.07, 6.45) is 0.0482. The van der Waals surface area contributed by atoms with Crippen LogP contribution in [0.2, 0.25) is 5.02 Å². The van der Waals surface area contributed by atoms with Gasteiger partial charge in [0.2, 0.25) is 11.8 Å². The number of thioether (sulfide) groups is 1. The molecule has 1 heterocycles. The molecule has 5 nitrogen and oxygen atoms in total. The summed E-state index contributed by atoms with van der Waals surface area (Å²) < 4.78 is 0. The summed E-state index contributed by atoms with van der Waals surface area (Å²) in [5.41, 5.74) is 5.41. The molecule has 2 amide bonds. The fourth-order valence-corrected chi connectivity index (χ4v) is 5.02. The Labute approximate surface area is 209 Å². The molecule has 34 heavy (non-hydrogen) atoms. The van der Waals surface area contributed by atoms with E-state index in [1.807, 2.05) is 69.3 Å². The number of anilines is 1. The molecule has 3 aromatic rings. The van der Waals surface area contributed by atoms with Gasteiger partial charge in [-0.15, -0.1) is 0 Å². The van der Waals surface area contributed by atoms with Gasteiger partial charge >= 0.3 is 0 Å². The predicted molar refractivity (Wildman–Crippen MR) is 141 cm³/mol.